The largest absolute Gasteiger partial charge is 0.456 e. The van der Waals surface area contributed by atoms with Crippen molar-refractivity contribution in [1.29, 1.82) is 0 Å². The maximum atomic E-state index is 6.60. The Morgan fingerprint density at radius 3 is 1.96 bits per heavy atom. The van der Waals surface area contributed by atoms with Crippen molar-refractivity contribution in [2.75, 3.05) is 4.90 Å². The zero-order valence-electron chi connectivity index (χ0n) is 23.9. The molecule has 0 atom stereocenters. The van der Waals surface area contributed by atoms with Crippen molar-refractivity contribution in [2.45, 2.75) is 0 Å². The van der Waals surface area contributed by atoms with Crippen LogP contribution in [0.1, 0.15) is 0 Å². The van der Waals surface area contributed by atoms with E-state index in [1.807, 2.05) is 60.9 Å². The number of hydrogen-bond acceptors (Lipinski definition) is 5. The highest BCUT2D eigenvalue weighted by molar-refractivity contribution is 6.25. The van der Waals surface area contributed by atoms with Crippen LogP contribution in [-0.2, 0) is 0 Å². The molecule has 0 saturated carbocycles. The van der Waals surface area contributed by atoms with E-state index in [0.717, 1.165) is 66.4 Å². The van der Waals surface area contributed by atoms with Gasteiger partial charge in [0, 0.05) is 28.6 Å². The number of anilines is 3. The summed E-state index contributed by atoms with van der Waals surface area (Å²) < 4.78 is 13.0. The van der Waals surface area contributed by atoms with Crippen LogP contribution in [0.15, 0.2) is 149 Å². The first kappa shape index (κ1) is 24.3. The fourth-order valence-electron chi connectivity index (χ4n) is 6.98. The third-order valence-electron chi connectivity index (χ3n) is 8.93. The quantitative estimate of drug-likeness (QED) is 0.196. The first-order chi connectivity index (χ1) is 22.3. The average Bonchev–Trinajstić information content (AvgIpc) is 3.67. The minimum atomic E-state index is 0.701. The first-order valence-electron chi connectivity index (χ1n) is 15.0. The molecule has 45 heavy (non-hydrogen) atoms. The van der Waals surface area contributed by atoms with Crippen LogP contribution < -0.4 is 4.90 Å². The molecule has 0 bridgehead atoms. The lowest BCUT2D eigenvalue weighted by molar-refractivity contribution is 0.667. The molecule has 6 aromatic carbocycles. The van der Waals surface area contributed by atoms with Gasteiger partial charge >= 0.3 is 0 Å². The molecule has 210 valence electrons. The van der Waals surface area contributed by atoms with Gasteiger partial charge in [0.1, 0.15) is 28.1 Å². The van der Waals surface area contributed by atoms with Gasteiger partial charge in [-0.1, -0.05) is 91.0 Å². The number of para-hydroxylation sites is 2. The van der Waals surface area contributed by atoms with Crippen LogP contribution in [0.2, 0.25) is 0 Å². The Labute approximate surface area is 256 Å². The minimum absolute atomic E-state index is 0.701. The molecule has 4 heterocycles. The summed E-state index contributed by atoms with van der Waals surface area (Å²) in [7, 11) is 0. The molecule has 4 aromatic heterocycles. The van der Waals surface area contributed by atoms with E-state index in [4.69, 9.17) is 18.8 Å². The summed E-state index contributed by atoms with van der Waals surface area (Å²) in [6.07, 6.45) is 3.68. The van der Waals surface area contributed by atoms with Crippen LogP contribution in [0.5, 0.6) is 0 Å². The van der Waals surface area contributed by atoms with Crippen LogP contribution >= 0.6 is 0 Å². The summed E-state index contributed by atoms with van der Waals surface area (Å²) in [5.41, 5.74) is 5.75. The van der Waals surface area contributed by atoms with Gasteiger partial charge in [0.25, 0.3) is 0 Å². The Morgan fingerprint density at radius 2 is 1.11 bits per heavy atom. The van der Waals surface area contributed by atoms with E-state index < -0.39 is 0 Å². The summed E-state index contributed by atoms with van der Waals surface area (Å²) in [5.74, 6) is 0.759. The third-order valence-corrected chi connectivity index (χ3v) is 8.93. The normalized spacial score (nSPS) is 12.0. The first-order valence-corrected chi connectivity index (χ1v) is 15.0. The van der Waals surface area contributed by atoms with E-state index in [0.29, 0.717) is 5.58 Å². The van der Waals surface area contributed by atoms with E-state index in [1.54, 1.807) is 0 Å². The van der Waals surface area contributed by atoms with Crippen LogP contribution in [0.3, 0.4) is 0 Å². The molecular weight excluding hydrogens is 554 g/mol. The molecule has 0 unspecified atom stereocenters. The van der Waals surface area contributed by atoms with Crippen molar-refractivity contribution in [2.24, 2.45) is 0 Å². The Bertz CT molecular complexity index is 2780. The van der Waals surface area contributed by atoms with E-state index in [-0.39, 0.29) is 0 Å². The monoisotopic (exact) mass is 577 g/mol. The van der Waals surface area contributed by atoms with Gasteiger partial charge < -0.3 is 8.83 Å². The Kier molecular flexibility index (Phi) is 4.93. The molecule has 0 spiro atoms. The summed E-state index contributed by atoms with van der Waals surface area (Å²) in [4.78, 5) is 12.1. The highest BCUT2D eigenvalue weighted by atomic mass is 16.3. The number of furan rings is 2. The molecule has 0 aliphatic rings. The summed E-state index contributed by atoms with van der Waals surface area (Å²) in [6, 6.07) is 44.1. The zero-order valence-corrected chi connectivity index (χ0v) is 23.9. The Morgan fingerprint density at radius 1 is 0.444 bits per heavy atom. The molecule has 0 radical (unpaired) electrons. The van der Waals surface area contributed by atoms with Crippen molar-refractivity contribution in [3.8, 4) is 0 Å². The predicted octanol–water partition coefficient (Wildman–Crippen LogP) is 11.2. The zero-order chi connectivity index (χ0) is 29.5. The summed E-state index contributed by atoms with van der Waals surface area (Å²) in [5, 5.41) is 9.98. The number of aromatic nitrogens is 2. The highest BCUT2D eigenvalue weighted by Crippen LogP contribution is 2.48. The van der Waals surface area contributed by atoms with E-state index in [9.17, 15) is 0 Å². The van der Waals surface area contributed by atoms with Crippen LogP contribution in [0.4, 0.5) is 17.2 Å². The standard InChI is InChI=1S/C40H23N3O2/c1-3-11-26-24(9-1)17-18-28-32(23-25-10-2-4-12-27(25)36(26)28)43(31-19-21-41-38-30-14-6-8-16-34(30)45-39(31)38)40-37-29-13-5-7-15-33(29)44-35(37)20-22-42-40/h1-23H. The second-order valence-electron chi connectivity index (χ2n) is 11.4. The second kappa shape index (κ2) is 9.15. The second-order valence-corrected chi connectivity index (χ2v) is 11.4. The molecule has 0 fully saturated rings. The molecule has 5 nitrogen and oxygen atoms in total. The maximum absolute atomic E-state index is 6.60. The molecule has 10 aromatic rings. The topological polar surface area (TPSA) is 55.3 Å². The van der Waals surface area contributed by atoms with Crippen LogP contribution in [0, 0.1) is 0 Å². The number of benzene rings is 6. The van der Waals surface area contributed by atoms with Gasteiger partial charge in [0.05, 0.1) is 16.8 Å². The van der Waals surface area contributed by atoms with Gasteiger partial charge in [0.15, 0.2) is 5.58 Å². The van der Waals surface area contributed by atoms with Crippen molar-refractivity contribution in [3.63, 3.8) is 0 Å². The number of fused-ring (bicyclic) bond motifs is 11. The van der Waals surface area contributed by atoms with Gasteiger partial charge in [-0.05, 0) is 63.3 Å². The van der Waals surface area contributed by atoms with E-state index in [1.165, 1.54) is 21.5 Å². The molecule has 0 saturated heterocycles. The molecule has 10 rings (SSSR count). The van der Waals surface area contributed by atoms with Gasteiger partial charge in [0.2, 0.25) is 0 Å². The highest BCUT2D eigenvalue weighted by Gasteiger charge is 2.26. The number of pyridine rings is 2. The van der Waals surface area contributed by atoms with Crippen molar-refractivity contribution >= 4 is 93.5 Å². The minimum Gasteiger partial charge on any atom is -0.456 e. The van der Waals surface area contributed by atoms with Gasteiger partial charge in [-0.15, -0.1) is 0 Å². The predicted molar refractivity (Wildman–Crippen MR) is 184 cm³/mol. The van der Waals surface area contributed by atoms with Crippen molar-refractivity contribution in [1.82, 2.24) is 9.97 Å². The third kappa shape index (κ3) is 3.43. The number of nitrogens with zero attached hydrogens (tertiary/aromatic N) is 3. The smallest absolute Gasteiger partial charge is 0.177 e. The van der Waals surface area contributed by atoms with Gasteiger partial charge in [-0.25, -0.2) is 4.98 Å². The summed E-state index contributed by atoms with van der Waals surface area (Å²) in [6.45, 7) is 0. The number of hydrogen-bond donors (Lipinski definition) is 0. The fourth-order valence-corrected chi connectivity index (χ4v) is 6.98. The van der Waals surface area contributed by atoms with Crippen LogP contribution in [-0.4, -0.2) is 9.97 Å². The van der Waals surface area contributed by atoms with E-state index >= 15 is 0 Å². The molecular formula is C40H23N3O2. The molecule has 0 aliphatic heterocycles. The fraction of sp³-hybridized carbons (Fsp3) is 0. The van der Waals surface area contributed by atoms with Crippen molar-refractivity contribution < 1.29 is 8.83 Å². The SMILES string of the molecule is c1ccc2c(c1)ccc1c(N(c3ccnc4c3oc3ccccc34)c3nccc4oc5ccccc5c34)cc3ccccc3c12. The van der Waals surface area contributed by atoms with Crippen molar-refractivity contribution in [3.05, 3.63) is 140 Å². The lowest BCUT2D eigenvalue weighted by atomic mass is 9.94. The number of rotatable bonds is 3. The lowest BCUT2D eigenvalue weighted by Crippen LogP contribution is -2.13. The van der Waals surface area contributed by atoms with Gasteiger partial charge in [-0.3, -0.25) is 9.88 Å². The summed E-state index contributed by atoms with van der Waals surface area (Å²) >= 11 is 0. The lowest BCUT2D eigenvalue weighted by Gasteiger charge is -2.27. The molecule has 0 amide bonds. The molecule has 5 heteroatoms. The average molecular weight is 578 g/mol. The molecule has 0 N–H and O–H groups in total. The van der Waals surface area contributed by atoms with Crippen LogP contribution in [0.25, 0.3) is 76.3 Å². The Hall–Kier alpha value is -6.20. The Balaban J connectivity index is 1.41. The molecule has 0 aliphatic carbocycles. The van der Waals surface area contributed by atoms with Gasteiger partial charge in [-0.2, -0.15) is 0 Å². The van der Waals surface area contributed by atoms with E-state index in [2.05, 4.69) is 83.8 Å². The maximum Gasteiger partial charge on any atom is 0.177 e.